The Labute approximate surface area is 195 Å². The lowest BCUT2D eigenvalue weighted by Crippen LogP contribution is -1.94. The molecule has 0 saturated heterocycles. The first-order valence-corrected chi connectivity index (χ1v) is 10.9. The van der Waals surface area contributed by atoms with Crippen molar-refractivity contribution in [3.8, 4) is 34.1 Å². The first-order valence-electron chi connectivity index (χ1n) is 10.9. The van der Waals surface area contributed by atoms with Crippen molar-refractivity contribution in [3.63, 3.8) is 0 Å². The van der Waals surface area contributed by atoms with Gasteiger partial charge in [0.1, 0.15) is 11.6 Å². The second-order valence-electron chi connectivity index (χ2n) is 8.06. The summed E-state index contributed by atoms with van der Waals surface area (Å²) >= 11 is 0. The Kier molecular flexibility index (Phi) is 4.77. The van der Waals surface area contributed by atoms with Gasteiger partial charge in [-0.1, -0.05) is 30.3 Å². The van der Waals surface area contributed by atoms with Crippen molar-refractivity contribution in [2.45, 2.75) is 0 Å². The van der Waals surface area contributed by atoms with E-state index in [9.17, 15) is 4.39 Å². The number of hydrogen-bond acceptors (Lipinski definition) is 4. The fourth-order valence-corrected chi connectivity index (χ4v) is 4.11. The van der Waals surface area contributed by atoms with Gasteiger partial charge in [-0.05, 0) is 60.2 Å². The molecule has 0 N–H and O–H groups in total. The van der Waals surface area contributed by atoms with Crippen molar-refractivity contribution in [1.82, 2.24) is 19.5 Å². The Hall–Kier alpha value is -4.58. The fraction of sp³-hybridized carbons (Fsp3) is 0.0357. The van der Waals surface area contributed by atoms with Crippen LogP contribution >= 0.6 is 0 Å². The summed E-state index contributed by atoms with van der Waals surface area (Å²) in [5, 5.41) is 1.11. The van der Waals surface area contributed by atoms with Crippen LogP contribution in [0.3, 0.4) is 0 Å². The van der Waals surface area contributed by atoms with E-state index >= 15 is 0 Å². The lowest BCUT2D eigenvalue weighted by molar-refractivity contribution is 0.442. The molecule has 0 aliphatic rings. The predicted octanol–water partition coefficient (Wildman–Crippen LogP) is 6.78. The molecule has 3 heterocycles. The van der Waals surface area contributed by atoms with Crippen LogP contribution in [0.4, 0.5) is 4.39 Å². The zero-order valence-corrected chi connectivity index (χ0v) is 18.3. The zero-order chi connectivity index (χ0) is 23.1. The van der Waals surface area contributed by atoms with Gasteiger partial charge in [-0.25, -0.2) is 14.4 Å². The maximum Gasteiger partial charge on any atom is 0.322 e. The number of ether oxygens (including phenoxy) is 1. The molecule has 5 nitrogen and oxygen atoms in total. The van der Waals surface area contributed by atoms with Crippen LogP contribution in [0.5, 0.6) is 11.8 Å². The van der Waals surface area contributed by atoms with Gasteiger partial charge in [-0.3, -0.25) is 0 Å². The lowest BCUT2D eigenvalue weighted by atomic mass is 10.1. The van der Waals surface area contributed by atoms with Gasteiger partial charge < -0.3 is 9.30 Å². The molecule has 6 heteroatoms. The molecule has 0 saturated carbocycles. The van der Waals surface area contributed by atoms with E-state index < -0.39 is 0 Å². The lowest BCUT2D eigenvalue weighted by Gasteiger charge is -2.07. The van der Waals surface area contributed by atoms with E-state index in [0.29, 0.717) is 11.4 Å². The van der Waals surface area contributed by atoms with Gasteiger partial charge in [-0.15, -0.1) is 0 Å². The number of pyridine rings is 1. The summed E-state index contributed by atoms with van der Waals surface area (Å²) in [7, 11) is 2.03. The molecule has 34 heavy (non-hydrogen) atoms. The average Bonchev–Trinajstić information content (AvgIpc) is 3.19. The monoisotopic (exact) mass is 446 g/mol. The number of hydrogen-bond donors (Lipinski definition) is 0. The van der Waals surface area contributed by atoms with E-state index in [2.05, 4.69) is 32.9 Å². The molecule has 0 aliphatic heterocycles. The number of aromatic nitrogens is 4. The molecule has 3 aromatic heterocycles. The third-order valence-corrected chi connectivity index (χ3v) is 5.79. The van der Waals surface area contributed by atoms with Crippen LogP contribution in [0.2, 0.25) is 0 Å². The van der Waals surface area contributed by atoms with Crippen molar-refractivity contribution in [2.24, 2.45) is 7.05 Å². The number of nitrogens with zero attached hydrogens (tertiary/aromatic N) is 4. The molecule has 0 atom stereocenters. The molecule has 0 amide bonds. The SMILES string of the molecule is Cn1cc(-c2cccc(Oc3nccc(-c4ccc(F)cc4)n3)c2)c2nc3ccccc3cc21. The second kappa shape index (κ2) is 8.08. The van der Waals surface area contributed by atoms with E-state index in [4.69, 9.17) is 9.72 Å². The van der Waals surface area contributed by atoms with Crippen LogP contribution < -0.4 is 4.74 Å². The van der Waals surface area contributed by atoms with Gasteiger partial charge in [0.25, 0.3) is 0 Å². The van der Waals surface area contributed by atoms with Gasteiger partial charge in [0, 0.05) is 36.0 Å². The molecule has 3 aromatic carbocycles. The average molecular weight is 446 g/mol. The van der Waals surface area contributed by atoms with Crippen LogP contribution in [0.25, 0.3) is 44.3 Å². The molecule has 164 valence electrons. The molecule has 0 aliphatic carbocycles. The fourth-order valence-electron chi connectivity index (χ4n) is 4.11. The summed E-state index contributed by atoms with van der Waals surface area (Å²) in [5.74, 6) is 0.327. The summed E-state index contributed by atoms with van der Waals surface area (Å²) < 4.78 is 21.3. The normalized spacial score (nSPS) is 11.2. The Morgan fingerprint density at radius 3 is 2.56 bits per heavy atom. The minimum atomic E-state index is -0.290. The molecule has 0 unspecified atom stereocenters. The number of para-hydroxylation sites is 1. The highest BCUT2D eigenvalue weighted by Crippen LogP contribution is 2.33. The van der Waals surface area contributed by atoms with Crippen LogP contribution in [0.1, 0.15) is 0 Å². The number of aryl methyl sites for hydroxylation is 1. The topological polar surface area (TPSA) is 52.8 Å². The van der Waals surface area contributed by atoms with Gasteiger partial charge in [0.15, 0.2) is 0 Å². The zero-order valence-electron chi connectivity index (χ0n) is 18.3. The van der Waals surface area contributed by atoms with Crippen LogP contribution in [-0.2, 0) is 7.05 Å². The molecule has 0 bridgehead atoms. The van der Waals surface area contributed by atoms with Gasteiger partial charge in [-0.2, -0.15) is 4.98 Å². The standard InChI is InChI=1S/C28H19FN4O/c1-33-17-23(27-26(33)16-20-5-2-3-8-24(20)31-27)19-6-4-7-22(15-19)34-28-30-14-13-25(32-28)18-9-11-21(29)12-10-18/h2-17H,1H3. The summed E-state index contributed by atoms with van der Waals surface area (Å²) in [5.41, 5.74) is 6.42. The summed E-state index contributed by atoms with van der Waals surface area (Å²) in [6.45, 7) is 0. The van der Waals surface area contributed by atoms with Crippen LogP contribution in [-0.4, -0.2) is 19.5 Å². The van der Waals surface area contributed by atoms with E-state index in [1.54, 1.807) is 24.4 Å². The molecular weight excluding hydrogens is 427 g/mol. The molecule has 0 radical (unpaired) electrons. The number of benzene rings is 3. The van der Waals surface area contributed by atoms with Crippen molar-refractivity contribution >= 4 is 21.9 Å². The van der Waals surface area contributed by atoms with E-state index in [1.807, 2.05) is 49.5 Å². The minimum absolute atomic E-state index is 0.223. The second-order valence-corrected chi connectivity index (χ2v) is 8.06. The molecule has 6 rings (SSSR count). The van der Waals surface area contributed by atoms with Crippen LogP contribution in [0, 0.1) is 5.82 Å². The molecular formula is C28H19FN4O. The summed E-state index contributed by atoms with van der Waals surface area (Å²) in [6.07, 6.45) is 3.71. The molecule has 6 aromatic rings. The third kappa shape index (κ3) is 3.65. The third-order valence-electron chi connectivity index (χ3n) is 5.79. The quantitative estimate of drug-likeness (QED) is 0.299. The molecule has 0 spiro atoms. The van der Waals surface area contributed by atoms with Gasteiger partial charge >= 0.3 is 6.01 Å². The first kappa shape index (κ1) is 20.1. The Morgan fingerprint density at radius 1 is 0.824 bits per heavy atom. The number of fused-ring (bicyclic) bond motifs is 2. The maximum absolute atomic E-state index is 13.3. The highest BCUT2D eigenvalue weighted by atomic mass is 19.1. The van der Waals surface area contributed by atoms with Gasteiger partial charge in [0.2, 0.25) is 0 Å². The largest absolute Gasteiger partial charge is 0.424 e. The molecule has 0 fully saturated rings. The number of rotatable bonds is 4. The van der Waals surface area contributed by atoms with Gasteiger partial charge in [0.05, 0.1) is 22.2 Å². The predicted molar refractivity (Wildman–Crippen MR) is 131 cm³/mol. The number of halogens is 1. The van der Waals surface area contributed by atoms with Crippen molar-refractivity contribution in [3.05, 3.63) is 103 Å². The Morgan fingerprint density at radius 2 is 1.68 bits per heavy atom. The summed E-state index contributed by atoms with van der Waals surface area (Å²) in [6, 6.07) is 26.2. The minimum Gasteiger partial charge on any atom is -0.424 e. The Balaban J connectivity index is 1.36. The highest BCUT2D eigenvalue weighted by Gasteiger charge is 2.13. The summed E-state index contributed by atoms with van der Waals surface area (Å²) in [4.78, 5) is 13.7. The van der Waals surface area contributed by atoms with E-state index in [1.165, 1.54) is 12.1 Å². The van der Waals surface area contributed by atoms with Crippen molar-refractivity contribution < 1.29 is 9.13 Å². The van der Waals surface area contributed by atoms with Crippen molar-refractivity contribution in [2.75, 3.05) is 0 Å². The van der Waals surface area contributed by atoms with E-state index in [0.717, 1.165) is 38.6 Å². The Bertz CT molecular complexity index is 1660. The van der Waals surface area contributed by atoms with Crippen molar-refractivity contribution in [1.29, 1.82) is 0 Å². The highest BCUT2D eigenvalue weighted by molar-refractivity contribution is 5.99. The first-order chi connectivity index (χ1) is 16.6. The maximum atomic E-state index is 13.3. The van der Waals surface area contributed by atoms with E-state index in [-0.39, 0.29) is 11.8 Å². The smallest absolute Gasteiger partial charge is 0.322 e. The van der Waals surface area contributed by atoms with Crippen LogP contribution in [0.15, 0.2) is 97.3 Å².